The van der Waals surface area contributed by atoms with Crippen LogP contribution in [0.4, 0.5) is 0 Å². The number of nitrogens with zero attached hydrogens (tertiary/aromatic N) is 3. The van der Waals surface area contributed by atoms with Gasteiger partial charge in [0.25, 0.3) is 0 Å². The van der Waals surface area contributed by atoms with Crippen LogP contribution < -0.4 is 0 Å². The van der Waals surface area contributed by atoms with Crippen molar-refractivity contribution in [2.45, 2.75) is 4.90 Å². The highest BCUT2D eigenvalue weighted by molar-refractivity contribution is 7.98. The maximum absolute atomic E-state index is 4.22. The number of benzene rings is 1. The number of fused-ring (bicyclic) bond motifs is 3. The molecule has 0 bridgehead atoms. The summed E-state index contributed by atoms with van der Waals surface area (Å²) in [5.41, 5.74) is 2.13. The Morgan fingerprint density at radius 3 is 3.20 bits per heavy atom. The van der Waals surface area contributed by atoms with E-state index in [0.29, 0.717) is 0 Å². The molecule has 0 atom stereocenters. The summed E-state index contributed by atoms with van der Waals surface area (Å²) in [4.78, 5) is 9.39. The zero-order valence-electron chi connectivity index (χ0n) is 7.79. The first-order chi connectivity index (χ1) is 7.45. The quantitative estimate of drug-likeness (QED) is 0.631. The van der Waals surface area contributed by atoms with Gasteiger partial charge in [-0.25, -0.2) is 14.4 Å². The van der Waals surface area contributed by atoms with Crippen molar-refractivity contribution in [3.05, 3.63) is 36.3 Å². The lowest BCUT2D eigenvalue weighted by Crippen LogP contribution is -1.85. The molecule has 0 radical (unpaired) electrons. The van der Waals surface area contributed by atoms with Gasteiger partial charge in [-0.3, -0.25) is 0 Å². The third kappa shape index (κ3) is 1.43. The van der Waals surface area contributed by atoms with Crippen molar-refractivity contribution >= 4 is 35.1 Å². The highest BCUT2D eigenvalue weighted by Crippen LogP contribution is 2.32. The molecule has 2 heterocycles. The van der Waals surface area contributed by atoms with E-state index in [1.165, 1.54) is 17.5 Å². The Labute approximate surface area is 91.1 Å². The second-order valence-corrected chi connectivity index (χ2v) is 3.95. The normalized spacial score (nSPS) is 13.9. The Hall–Kier alpha value is -1.68. The summed E-state index contributed by atoms with van der Waals surface area (Å²) in [5, 5.41) is 1.06. The van der Waals surface area contributed by atoms with Crippen LogP contribution in [0, 0.1) is 0 Å². The van der Waals surface area contributed by atoms with Crippen LogP contribution in [0.1, 0.15) is 5.56 Å². The second-order valence-electron chi connectivity index (χ2n) is 3.14. The summed E-state index contributed by atoms with van der Waals surface area (Å²) >= 11 is 1.47. The summed E-state index contributed by atoms with van der Waals surface area (Å²) in [6, 6.07) is 4.06. The van der Waals surface area contributed by atoms with Gasteiger partial charge >= 0.3 is 0 Å². The Kier molecular flexibility index (Phi) is 1.99. The van der Waals surface area contributed by atoms with E-state index in [4.69, 9.17) is 0 Å². The number of rotatable bonds is 0. The highest BCUT2D eigenvalue weighted by atomic mass is 32.2. The van der Waals surface area contributed by atoms with E-state index >= 15 is 0 Å². The summed E-state index contributed by atoms with van der Waals surface area (Å²) in [5.74, 6) is 0. The standard InChI is InChI=1S/C11H7N3S/c1-2-8-3-4-10-9(6-12-7-13-10)11(8)15-14-5-1/h1-7H. The number of hydrogen-bond acceptors (Lipinski definition) is 4. The van der Waals surface area contributed by atoms with Gasteiger partial charge in [-0.1, -0.05) is 12.1 Å². The van der Waals surface area contributed by atoms with Crippen LogP contribution in [-0.2, 0) is 0 Å². The molecule has 1 aliphatic heterocycles. The lowest BCUT2D eigenvalue weighted by atomic mass is 10.1. The van der Waals surface area contributed by atoms with Crippen LogP contribution in [-0.4, -0.2) is 16.2 Å². The Morgan fingerprint density at radius 2 is 2.20 bits per heavy atom. The third-order valence-electron chi connectivity index (χ3n) is 2.24. The van der Waals surface area contributed by atoms with Crippen molar-refractivity contribution in [1.82, 2.24) is 9.97 Å². The van der Waals surface area contributed by atoms with Gasteiger partial charge < -0.3 is 0 Å². The molecule has 3 nitrogen and oxygen atoms in total. The lowest BCUT2D eigenvalue weighted by molar-refractivity contribution is 1.21. The van der Waals surface area contributed by atoms with Crippen molar-refractivity contribution < 1.29 is 0 Å². The molecule has 0 aliphatic carbocycles. The van der Waals surface area contributed by atoms with Crippen molar-refractivity contribution in [2.24, 2.45) is 4.40 Å². The predicted octanol–water partition coefficient (Wildman–Crippen LogP) is 2.73. The lowest BCUT2D eigenvalue weighted by Gasteiger charge is -2.04. The zero-order chi connectivity index (χ0) is 10.1. The third-order valence-corrected chi connectivity index (χ3v) is 3.10. The summed E-state index contributed by atoms with van der Waals surface area (Å²) < 4.78 is 4.21. The smallest absolute Gasteiger partial charge is 0.116 e. The molecule has 0 unspecified atom stereocenters. The molecule has 0 N–H and O–H groups in total. The van der Waals surface area contributed by atoms with E-state index in [1.807, 2.05) is 24.4 Å². The average Bonchev–Trinajstić information content (AvgIpc) is 2.54. The monoisotopic (exact) mass is 213 g/mol. The van der Waals surface area contributed by atoms with Crippen molar-refractivity contribution in [2.75, 3.05) is 0 Å². The molecule has 0 spiro atoms. The predicted molar refractivity (Wildman–Crippen MR) is 62.9 cm³/mol. The van der Waals surface area contributed by atoms with E-state index in [2.05, 4.69) is 20.4 Å². The van der Waals surface area contributed by atoms with Crippen LogP contribution in [0.15, 0.2) is 40.0 Å². The summed E-state index contributed by atoms with van der Waals surface area (Å²) in [6.07, 6.45) is 9.18. The van der Waals surface area contributed by atoms with Crippen molar-refractivity contribution in [1.29, 1.82) is 0 Å². The van der Waals surface area contributed by atoms with Gasteiger partial charge in [0, 0.05) is 34.6 Å². The minimum absolute atomic E-state index is 0.960. The fraction of sp³-hybridized carbons (Fsp3) is 0. The van der Waals surface area contributed by atoms with Gasteiger partial charge in [0.15, 0.2) is 0 Å². The molecule has 1 aromatic heterocycles. The molecule has 4 heteroatoms. The Morgan fingerprint density at radius 1 is 1.20 bits per heavy atom. The van der Waals surface area contributed by atoms with Gasteiger partial charge in [0.2, 0.25) is 0 Å². The highest BCUT2D eigenvalue weighted by Gasteiger charge is 2.08. The minimum Gasteiger partial charge on any atom is -0.244 e. The van der Waals surface area contributed by atoms with Gasteiger partial charge in [0.1, 0.15) is 6.33 Å². The fourth-order valence-corrected chi connectivity index (χ4v) is 2.28. The molecule has 72 valence electrons. The SMILES string of the molecule is C1=Cc2ccc3ncncc3c2SN=C1. The maximum atomic E-state index is 4.22. The summed E-state index contributed by atoms with van der Waals surface area (Å²) in [7, 11) is 0. The molecule has 15 heavy (non-hydrogen) atoms. The fourth-order valence-electron chi connectivity index (χ4n) is 1.54. The van der Waals surface area contributed by atoms with Crippen molar-refractivity contribution in [3.63, 3.8) is 0 Å². The van der Waals surface area contributed by atoms with E-state index < -0.39 is 0 Å². The average molecular weight is 213 g/mol. The minimum atomic E-state index is 0.960. The number of allylic oxidation sites excluding steroid dienone is 1. The van der Waals surface area contributed by atoms with Gasteiger partial charge in [-0.05, 0) is 17.7 Å². The van der Waals surface area contributed by atoms with Gasteiger partial charge in [-0.15, -0.1) is 0 Å². The first kappa shape index (κ1) is 8.61. The van der Waals surface area contributed by atoms with Gasteiger partial charge in [-0.2, -0.15) is 0 Å². The molecule has 3 rings (SSSR count). The zero-order valence-corrected chi connectivity index (χ0v) is 8.61. The van der Waals surface area contributed by atoms with Gasteiger partial charge in [0.05, 0.1) is 5.52 Å². The molecular formula is C11H7N3S. The topological polar surface area (TPSA) is 38.1 Å². The van der Waals surface area contributed by atoms with Crippen LogP contribution >= 0.6 is 11.9 Å². The molecule has 0 amide bonds. The largest absolute Gasteiger partial charge is 0.244 e. The molecule has 0 fully saturated rings. The maximum Gasteiger partial charge on any atom is 0.116 e. The number of aromatic nitrogens is 2. The Balaban J connectivity index is 2.38. The van der Waals surface area contributed by atoms with E-state index in [9.17, 15) is 0 Å². The van der Waals surface area contributed by atoms with Crippen LogP contribution in [0.2, 0.25) is 0 Å². The number of hydrogen-bond donors (Lipinski definition) is 0. The molecule has 0 saturated carbocycles. The molecule has 1 aromatic carbocycles. The van der Waals surface area contributed by atoms with E-state index in [0.717, 1.165) is 15.8 Å². The molecular weight excluding hydrogens is 206 g/mol. The van der Waals surface area contributed by atoms with Crippen molar-refractivity contribution in [3.8, 4) is 0 Å². The molecule has 2 aromatic rings. The van der Waals surface area contributed by atoms with E-state index in [1.54, 1.807) is 12.5 Å². The van der Waals surface area contributed by atoms with Crippen LogP contribution in [0.25, 0.3) is 17.0 Å². The Bertz CT molecular complexity index is 575. The van der Waals surface area contributed by atoms with E-state index in [-0.39, 0.29) is 0 Å². The molecule has 1 aliphatic rings. The molecule has 0 saturated heterocycles. The second kappa shape index (κ2) is 3.47. The first-order valence-electron chi connectivity index (χ1n) is 4.55. The first-order valence-corrected chi connectivity index (χ1v) is 5.32. The van der Waals surface area contributed by atoms with Crippen LogP contribution in [0.5, 0.6) is 0 Å². The summed E-state index contributed by atoms with van der Waals surface area (Å²) in [6.45, 7) is 0. The van der Waals surface area contributed by atoms with Crippen LogP contribution in [0.3, 0.4) is 0 Å².